The van der Waals surface area contributed by atoms with Crippen molar-refractivity contribution in [2.24, 2.45) is 0 Å². The Morgan fingerprint density at radius 1 is 1.42 bits per heavy atom. The van der Waals surface area contributed by atoms with Gasteiger partial charge in [-0.1, -0.05) is 23.7 Å². The van der Waals surface area contributed by atoms with Crippen LogP contribution >= 0.6 is 11.6 Å². The van der Waals surface area contributed by atoms with Crippen LogP contribution in [0.25, 0.3) is 0 Å². The number of hydrogen-bond acceptors (Lipinski definition) is 4. The minimum atomic E-state index is -0.254. The second-order valence-corrected chi connectivity index (χ2v) is 4.33. The topological polar surface area (TPSA) is 63.2 Å². The van der Waals surface area contributed by atoms with E-state index in [1.807, 2.05) is 24.3 Å². The van der Waals surface area contributed by atoms with Crippen LogP contribution < -0.4 is 15.4 Å². The molecule has 6 heteroatoms. The average molecular weight is 276 g/mol. The summed E-state index contributed by atoms with van der Waals surface area (Å²) in [5, 5.41) is 5.92. The predicted molar refractivity (Wildman–Crippen MR) is 72.4 cm³/mol. The first kappa shape index (κ1) is 11.8. The quantitative estimate of drug-likeness (QED) is 0.670. The van der Waals surface area contributed by atoms with Crippen LogP contribution in [-0.2, 0) is 0 Å². The SMILES string of the molecule is CNC(=O)c1cnc(Cl)c2c1Nc1ccccc1O2. The Morgan fingerprint density at radius 3 is 3.00 bits per heavy atom. The molecule has 1 aromatic heterocycles. The summed E-state index contributed by atoms with van der Waals surface area (Å²) in [5.74, 6) is 0.755. The van der Waals surface area contributed by atoms with Gasteiger partial charge < -0.3 is 15.4 Å². The molecule has 0 aliphatic carbocycles. The molecular formula is C13H10ClN3O2. The molecule has 0 unspecified atom stereocenters. The Kier molecular flexibility index (Phi) is 2.76. The summed E-state index contributed by atoms with van der Waals surface area (Å²) in [6.07, 6.45) is 1.42. The molecule has 0 fully saturated rings. The first-order chi connectivity index (χ1) is 9.20. The summed E-state index contributed by atoms with van der Waals surface area (Å²) in [7, 11) is 1.56. The van der Waals surface area contributed by atoms with Crippen LogP contribution in [0.1, 0.15) is 10.4 Å². The van der Waals surface area contributed by atoms with Crippen LogP contribution in [0.5, 0.6) is 11.5 Å². The monoisotopic (exact) mass is 275 g/mol. The minimum Gasteiger partial charge on any atom is -0.450 e. The van der Waals surface area contributed by atoms with Crippen LogP contribution in [0.4, 0.5) is 11.4 Å². The maximum atomic E-state index is 11.8. The van der Waals surface area contributed by atoms with Crippen LogP contribution in [-0.4, -0.2) is 17.9 Å². The number of ether oxygens (including phenoxy) is 1. The van der Waals surface area contributed by atoms with E-state index in [4.69, 9.17) is 16.3 Å². The summed E-state index contributed by atoms with van der Waals surface area (Å²) in [5.41, 5.74) is 1.69. The maximum Gasteiger partial charge on any atom is 0.254 e. The summed E-state index contributed by atoms with van der Waals surface area (Å²) >= 11 is 6.02. The normalized spacial score (nSPS) is 11.7. The molecule has 1 aliphatic heterocycles. The van der Waals surface area contributed by atoms with E-state index in [9.17, 15) is 4.79 Å². The van der Waals surface area contributed by atoms with Gasteiger partial charge in [0, 0.05) is 13.2 Å². The van der Waals surface area contributed by atoms with Gasteiger partial charge in [-0.05, 0) is 12.1 Å². The lowest BCUT2D eigenvalue weighted by Crippen LogP contribution is -2.20. The van der Waals surface area contributed by atoms with Crippen molar-refractivity contribution in [3.8, 4) is 11.5 Å². The first-order valence-electron chi connectivity index (χ1n) is 5.65. The third-order valence-electron chi connectivity index (χ3n) is 2.82. The molecule has 2 aromatic rings. The molecular weight excluding hydrogens is 266 g/mol. The lowest BCUT2D eigenvalue weighted by molar-refractivity contribution is 0.0963. The molecule has 1 aliphatic rings. The molecule has 96 valence electrons. The highest BCUT2D eigenvalue weighted by atomic mass is 35.5. The smallest absolute Gasteiger partial charge is 0.254 e. The van der Waals surface area contributed by atoms with Gasteiger partial charge in [-0.25, -0.2) is 4.98 Å². The van der Waals surface area contributed by atoms with Gasteiger partial charge in [-0.15, -0.1) is 0 Å². The molecule has 0 radical (unpaired) electrons. The highest BCUT2D eigenvalue weighted by molar-refractivity contribution is 6.31. The van der Waals surface area contributed by atoms with Gasteiger partial charge in [0.05, 0.1) is 16.9 Å². The van der Waals surface area contributed by atoms with Crippen LogP contribution in [0.15, 0.2) is 30.5 Å². The summed E-state index contributed by atoms with van der Waals surface area (Å²) in [4.78, 5) is 15.8. The van der Waals surface area contributed by atoms with Crippen molar-refractivity contribution in [3.05, 3.63) is 41.2 Å². The number of hydrogen-bond donors (Lipinski definition) is 2. The van der Waals surface area contributed by atoms with Crippen molar-refractivity contribution >= 4 is 28.9 Å². The van der Waals surface area contributed by atoms with E-state index in [1.54, 1.807) is 7.05 Å². The molecule has 0 atom stereocenters. The Bertz CT molecular complexity index is 673. The van der Waals surface area contributed by atoms with Gasteiger partial charge in [-0.3, -0.25) is 4.79 Å². The molecule has 0 saturated carbocycles. The number of nitrogens with zero attached hydrogens (tertiary/aromatic N) is 1. The molecule has 0 spiro atoms. The number of pyridine rings is 1. The number of fused-ring (bicyclic) bond motifs is 2. The number of amides is 1. The standard InChI is InChI=1S/C13H10ClN3O2/c1-15-13(18)7-6-16-12(14)11-10(7)17-8-4-2-3-5-9(8)19-11/h2-6,17H,1H3,(H,15,18). The zero-order chi connectivity index (χ0) is 13.4. The van der Waals surface area contributed by atoms with Gasteiger partial charge in [0.25, 0.3) is 5.91 Å². The fraction of sp³-hybridized carbons (Fsp3) is 0.0769. The van der Waals surface area contributed by atoms with Gasteiger partial charge in [0.2, 0.25) is 0 Å². The summed E-state index contributed by atoms with van der Waals surface area (Å²) in [6.45, 7) is 0. The number of halogens is 1. The Hall–Kier alpha value is -2.27. The highest BCUT2D eigenvalue weighted by Gasteiger charge is 2.25. The average Bonchev–Trinajstić information content (AvgIpc) is 2.45. The molecule has 0 bridgehead atoms. The second-order valence-electron chi connectivity index (χ2n) is 3.97. The molecule has 3 rings (SSSR count). The van der Waals surface area contributed by atoms with Gasteiger partial charge in [0.1, 0.15) is 0 Å². The first-order valence-corrected chi connectivity index (χ1v) is 6.03. The number of rotatable bonds is 1. The summed E-state index contributed by atoms with van der Waals surface area (Å²) in [6, 6.07) is 7.41. The van der Waals surface area contributed by atoms with E-state index in [2.05, 4.69) is 15.6 Å². The zero-order valence-electron chi connectivity index (χ0n) is 10.0. The minimum absolute atomic E-state index is 0.213. The number of nitrogens with one attached hydrogen (secondary N) is 2. The van der Waals surface area contributed by atoms with E-state index in [-0.39, 0.29) is 11.1 Å². The van der Waals surface area contributed by atoms with E-state index >= 15 is 0 Å². The van der Waals surface area contributed by atoms with E-state index < -0.39 is 0 Å². The number of benzene rings is 1. The third-order valence-corrected chi connectivity index (χ3v) is 3.09. The molecule has 19 heavy (non-hydrogen) atoms. The van der Waals surface area contributed by atoms with Crippen LogP contribution in [0.3, 0.4) is 0 Å². The van der Waals surface area contributed by atoms with Gasteiger partial charge >= 0.3 is 0 Å². The van der Waals surface area contributed by atoms with Crippen molar-refractivity contribution in [1.29, 1.82) is 0 Å². The fourth-order valence-corrected chi connectivity index (χ4v) is 2.08. The lowest BCUT2D eigenvalue weighted by atomic mass is 10.1. The summed E-state index contributed by atoms with van der Waals surface area (Å²) < 4.78 is 5.71. The lowest BCUT2D eigenvalue weighted by Gasteiger charge is -2.23. The number of para-hydroxylation sites is 2. The third kappa shape index (κ3) is 1.88. The molecule has 5 nitrogen and oxygen atoms in total. The largest absolute Gasteiger partial charge is 0.450 e. The number of aromatic nitrogens is 1. The van der Waals surface area contributed by atoms with Gasteiger partial charge in [-0.2, -0.15) is 0 Å². The fourth-order valence-electron chi connectivity index (χ4n) is 1.90. The molecule has 2 N–H and O–H groups in total. The van der Waals surface area contributed by atoms with Crippen molar-refractivity contribution in [2.75, 3.05) is 12.4 Å². The van der Waals surface area contributed by atoms with E-state index in [0.717, 1.165) is 5.69 Å². The number of anilines is 2. The Labute approximate surface area is 114 Å². The Balaban J connectivity index is 2.16. The maximum absolute atomic E-state index is 11.8. The highest BCUT2D eigenvalue weighted by Crippen LogP contribution is 2.46. The Morgan fingerprint density at radius 2 is 2.21 bits per heavy atom. The zero-order valence-corrected chi connectivity index (χ0v) is 10.8. The number of carbonyl (C=O) groups excluding carboxylic acids is 1. The van der Waals surface area contributed by atoms with Crippen molar-refractivity contribution in [3.63, 3.8) is 0 Å². The van der Waals surface area contributed by atoms with Crippen molar-refractivity contribution in [2.45, 2.75) is 0 Å². The molecule has 1 aromatic carbocycles. The van der Waals surface area contributed by atoms with Crippen LogP contribution in [0, 0.1) is 0 Å². The molecule has 0 saturated heterocycles. The predicted octanol–water partition coefficient (Wildman–Crippen LogP) is 2.94. The second kappa shape index (κ2) is 4.44. The van der Waals surface area contributed by atoms with Crippen LogP contribution in [0.2, 0.25) is 5.15 Å². The van der Waals surface area contributed by atoms with Crippen molar-refractivity contribution in [1.82, 2.24) is 10.3 Å². The van der Waals surface area contributed by atoms with E-state index in [1.165, 1.54) is 6.20 Å². The molecule has 2 heterocycles. The van der Waals surface area contributed by atoms with Gasteiger partial charge in [0.15, 0.2) is 16.7 Å². The molecule has 1 amide bonds. The van der Waals surface area contributed by atoms with E-state index in [0.29, 0.717) is 22.7 Å². The van der Waals surface area contributed by atoms with Crippen molar-refractivity contribution < 1.29 is 9.53 Å². The number of carbonyl (C=O) groups is 1.